The van der Waals surface area contributed by atoms with Crippen LogP contribution in [0.5, 0.6) is 0 Å². The lowest BCUT2D eigenvalue weighted by molar-refractivity contribution is -0.142. The second-order valence-electron chi connectivity index (χ2n) is 5.60. The largest absolute Gasteiger partial charge is 0.481 e. The first-order valence-electron chi connectivity index (χ1n) is 7.18. The van der Waals surface area contributed by atoms with Gasteiger partial charge in [-0.15, -0.1) is 0 Å². The molecule has 1 aliphatic heterocycles. The van der Waals surface area contributed by atoms with Crippen molar-refractivity contribution in [1.82, 2.24) is 9.80 Å². The van der Waals surface area contributed by atoms with Gasteiger partial charge in [0.1, 0.15) is 0 Å². The van der Waals surface area contributed by atoms with Crippen LogP contribution in [0, 0.1) is 11.8 Å². The highest BCUT2D eigenvalue weighted by atomic mass is 16.5. The second-order valence-corrected chi connectivity index (χ2v) is 5.60. The standard InChI is InChI=1S/C14H26N2O5/c1-10-7-15(8-12(10)13(17)18)14(19)16(5-6-20-3)11(2)9-21-4/h10-12H,5-9H2,1-4H3,(H,17,18). The van der Waals surface area contributed by atoms with E-state index in [0.717, 1.165) is 0 Å². The van der Waals surface area contributed by atoms with E-state index in [2.05, 4.69) is 0 Å². The van der Waals surface area contributed by atoms with Crippen LogP contribution in [0.1, 0.15) is 13.8 Å². The van der Waals surface area contributed by atoms with Gasteiger partial charge in [0.25, 0.3) is 0 Å². The summed E-state index contributed by atoms with van der Waals surface area (Å²) in [5.41, 5.74) is 0. The zero-order valence-electron chi connectivity index (χ0n) is 13.2. The minimum absolute atomic E-state index is 0.0338. The Morgan fingerprint density at radius 1 is 1.33 bits per heavy atom. The van der Waals surface area contributed by atoms with Gasteiger partial charge in [-0.05, 0) is 12.8 Å². The van der Waals surface area contributed by atoms with Crippen molar-refractivity contribution in [2.45, 2.75) is 19.9 Å². The van der Waals surface area contributed by atoms with Crippen LogP contribution in [0.2, 0.25) is 0 Å². The molecular formula is C14H26N2O5. The highest BCUT2D eigenvalue weighted by Crippen LogP contribution is 2.24. The summed E-state index contributed by atoms with van der Waals surface area (Å²) < 4.78 is 10.2. The summed E-state index contributed by atoms with van der Waals surface area (Å²) in [6.07, 6.45) is 0. The summed E-state index contributed by atoms with van der Waals surface area (Å²) in [6.45, 7) is 5.84. The molecule has 2 amide bonds. The smallest absolute Gasteiger partial charge is 0.320 e. The maximum absolute atomic E-state index is 12.6. The number of rotatable bonds is 7. The number of carbonyl (C=O) groups is 2. The molecule has 1 heterocycles. The predicted octanol–water partition coefficient (Wildman–Crippen LogP) is 0.742. The summed E-state index contributed by atoms with van der Waals surface area (Å²) in [5, 5.41) is 9.17. The van der Waals surface area contributed by atoms with E-state index in [1.54, 1.807) is 24.0 Å². The first-order valence-corrected chi connectivity index (χ1v) is 7.18. The molecule has 0 aliphatic carbocycles. The average Bonchev–Trinajstić information content (AvgIpc) is 2.81. The van der Waals surface area contributed by atoms with Gasteiger partial charge < -0.3 is 24.4 Å². The third-order valence-corrected chi connectivity index (χ3v) is 3.92. The summed E-state index contributed by atoms with van der Waals surface area (Å²) in [6, 6.07) is -0.232. The molecule has 1 fully saturated rings. The molecule has 3 atom stereocenters. The van der Waals surface area contributed by atoms with Crippen LogP contribution in [-0.4, -0.2) is 80.0 Å². The number of urea groups is 1. The molecule has 1 aliphatic rings. The fourth-order valence-corrected chi connectivity index (χ4v) is 2.65. The highest BCUT2D eigenvalue weighted by molar-refractivity contribution is 5.78. The lowest BCUT2D eigenvalue weighted by Crippen LogP contribution is -2.49. The lowest BCUT2D eigenvalue weighted by atomic mass is 9.99. The number of carbonyl (C=O) groups excluding carboxylic acids is 1. The van der Waals surface area contributed by atoms with Gasteiger partial charge >= 0.3 is 12.0 Å². The Morgan fingerprint density at radius 3 is 2.48 bits per heavy atom. The minimum Gasteiger partial charge on any atom is -0.481 e. The summed E-state index contributed by atoms with van der Waals surface area (Å²) in [5.74, 6) is -1.37. The predicted molar refractivity (Wildman–Crippen MR) is 77.2 cm³/mol. The first-order chi connectivity index (χ1) is 9.92. The van der Waals surface area contributed by atoms with Gasteiger partial charge in [-0.1, -0.05) is 6.92 Å². The molecule has 1 saturated heterocycles. The van der Waals surface area contributed by atoms with Gasteiger partial charge in [0.15, 0.2) is 0 Å². The maximum atomic E-state index is 12.6. The van der Waals surface area contributed by atoms with Crippen LogP contribution >= 0.6 is 0 Å². The van der Waals surface area contributed by atoms with E-state index in [1.807, 2.05) is 13.8 Å². The maximum Gasteiger partial charge on any atom is 0.320 e. The number of aliphatic carboxylic acids is 1. The van der Waals surface area contributed by atoms with Crippen LogP contribution < -0.4 is 0 Å². The zero-order valence-corrected chi connectivity index (χ0v) is 13.2. The molecule has 0 bridgehead atoms. The Labute approximate surface area is 125 Å². The van der Waals surface area contributed by atoms with Crippen molar-refractivity contribution in [3.63, 3.8) is 0 Å². The Kier molecular flexibility index (Phi) is 6.91. The number of hydrogen-bond acceptors (Lipinski definition) is 4. The van der Waals surface area contributed by atoms with Crippen LogP contribution in [0.4, 0.5) is 4.79 Å². The number of carboxylic acids is 1. The van der Waals surface area contributed by atoms with Gasteiger partial charge in [-0.2, -0.15) is 0 Å². The molecule has 3 unspecified atom stereocenters. The van der Waals surface area contributed by atoms with Crippen LogP contribution in [0.25, 0.3) is 0 Å². The number of nitrogens with zero attached hydrogens (tertiary/aromatic N) is 2. The van der Waals surface area contributed by atoms with E-state index in [0.29, 0.717) is 26.3 Å². The zero-order chi connectivity index (χ0) is 16.0. The Morgan fingerprint density at radius 2 is 2.00 bits per heavy atom. The molecular weight excluding hydrogens is 276 g/mol. The molecule has 21 heavy (non-hydrogen) atoms. The Bertz CT molecular complexity index is 363. The fraction of sp³-hybridized carbons (Fsp3) is 0.857. The van der Waals surface area contributed by atoms with E-state index in [9.17, 15) is 9.59 Å². The molecule has 0 spiro atoms. The average molecular weight is 302 g/mol. The van der Waals surface area contributed by atoms with E-state index >= 15 is 0 Å². The second kappa shape index (κ2) is 8.19. The topological polar surface area (TPSA) is 79.3 Å². The van der Waals surface area contributed by atoms with Gasteiger partial charge in [0.05, 0.1) is 25.2 Å². The number of ether oxygens (including phenoxy) is 2. The van der Waals surface area contributed by atoms with E-state index in [-0.39, 0.29) is 24.5 Å². The van der Waals surface area contributed by atoms with Crippen molar-refractivity contribution < 1.29 is 24.2 Å². The normalized spacial score (nSPS) is 23.1. The van der Waals surface area contributed by atoms with Crippen LogP contribution in [0.3, 0.4) is 0 Å². The van der Waals surface area contributed by atoms with Gasteiger partial charge in [0.2, 0.25) is 0 Å². The fourth-order valence-electron chi connectivity index (χ4n) is 2.65. The molecule has 0 aromatic carbocycles. The molecule has 1 N–H and O–H groups in total. The molecule has 0 saturated carbocycles. The van der Waals surface area contributed by atoms with Crippen molar-refractivity contribution in [1.29, 1.82) is 0 Å². The van der Waals surface area contributed by atoms with Gasteiger partial charge in [-0.3, -0.25) is 4.79 Å². The lowest BCUT2D eigenvalue weighted by Gasteiger charge is -2.32. The van der Waals surface area contributed by atoms with Crippen molar-refractivity contribution in [2.24, 2.45) is 11.8 Å². The summed E-state index contributed by atoms with van der Waals surface area (Å²) >= 11 is 0. The van der Waals surface area contributed by atoms with Crippen molar-refractivity contribution in [3.05, 3.63) is 0 Å². The first kappa shape index (κ1) is 17.7. The quantitative estimate of drug-likeness (QED) is 0.750. The third-order valence-electron chi connectivity index (χ3n) is 3.92. The number of amides is 2. The monoisotopic (exact) mass is 302 g/mol. The number of methoxy groups -OCH3 is 2. The molecule has 0 radical (unpaired) electrons. The molecule has 7 nitrogen and oxygen atoms in total. The van der Waals surface area contributed by atoms with Crippen LogP contribution in [-0.2, 0) is 14.3 Å². The van der Waals surface area contributed by atoms with Crippen molar-refractivity contribution in [2.75, 3.05) is 47.1 Å². The molecule has 0 aromatic heterocycles. The summed E-state index contributed by atoms with van der Waals surface area (Å²) in [7, 11) is 3.18. The molecule has 7 heteroatoms. The van der Waals surface area contributed by atoms with Gasteiger partial charge in [-0.25, -0.2) is 4.79 Å². The minimum atomic E-state index is -0.841. The molecule has 0 aromatic rings. The van der Waals surface area contributed by atoms with Crippen molar-refractivity contribution in [3.8, 4) is 0 Å². The summed E-state index contributed by atoms with van der Waals surface area (Å²) in [4.78, 5) is 27.1. The van der Waals surface area contributed by atoms with E-state index in [4.69, 9.17) is 14.6 Å². The number of likely N-dealkylation sites (tertiary alicyclic amines) is 1. The van der Waals surface area contributed by atoms with Crippen LogP contribution in [0.15, 0.2) is 0 Å². The molecule has 122 valence electrons. The van der Waals surface area contributed by atoms with Crippen molar-refractivity contribution >= 4 is 12.0 Å². The third kappa shape index (κ3) is 4.57. The van der Waals surface area contributed by atoms with Gasteiger partial charge in [0, 0.05) is 33.9 Å². The number of hydrogen-bond donors (Lipinski definition) is 1. The molecule has 1 rings (SSSR count). The Balaban J connectivity index is 2.73. The SMILES string of the molecule is COCCN(C(=O)N1CC(C)C(C(=O)O)C1)C(C)COC. The van der Waals surface area contributed by atoms with E-state index in [1.165, 1.54) is 0 Å². The van der Waals surface area contributed by atoms with E-state index < -0.39 is 11.9 Å². The highest BCUT2D eigenvalue weighted by Gasteiger charge is 2.39. The Hall–Kier alpha value is -1.34. The number of carboxylic acid groups (broad SMARTS) is 1.